The number of rotatable bonds is 3. The highest BCUT2D eigenvalue weighted by atomic mass is 32.1. The van der Waals surface area contributed by atoms with Crippen molar-refractivity contribution in [3.63, 3.8) is 0 Å². The van der Waals surface area contributed by atoms with Crippen LogP contribution in [0.15, 0.2) is 188 Å². The first-order valence-electron chi connectivity index (χ1n) is 18.4. The van der Waals surface area contributed by atoms with Gasteiger partial charge in [-0.05, 0) is 103 Å². The number of benzene rings is 9. The van der Waals surface area contributed by atoms with E-state index < -0.39 is 5.41 Å². The molecule has 0 N–H and O–H groups in total. The molecule has 0 bridgehead atoms. The zero-order valence-corrected chi connectivity index (χ0v) is 29.6. The van der Waals surface area contributed by atoms with Gasteiger partial charge in [0, 0.05) is 36.9 Å². The minimum Gasteiger partial charge on any atom is -0.310 e. The molecule has 0 amide bonds. The molecular weight excluding hydrogens is 659 g/mol. The molecule has 2 aliphatic carbocycles. The molecule has 0 aliphatic heterocycles. The summed E-state index contributed by atoms with van der Waals surface area (Å²) in [6, 6.07) is 70.3. The number of anilines is 3. The van der Waals surface area contributed by atoms with Gasteiger partial charge in [-0.15, -0.1) is 11.3 Å². The van der Waals surface area contributed by atoms with E-state index in [4.69, 9.17) is 0 Å². The van der Waals surface area contributed by atoms with Crippen molar-refractivity contribution in [3.05, 3.63) is 210 Å². The van der Waals surface area contributed by atoms with Crippen molar-refractivity contribution in [2.75, 3.05) is 4.90 Å². The Morgan fingerprint density at radius 1 is 0.377 bits per heavy atom. The summed E-state index contributed by atoms with van der Waals surface area (Å²) >= 11 is 1.87. The lowest BCUT2D eigenvalue weighted by Gasteiger charge is -2.33. The lowest BCUT2D eigenvalue weighted by atomic mass is 9.69. The summed E-state index contributed by atoms with van der Waals surface area (Å²) in [4.78, 5) is 2.50. The normalized spacial score (nSPS) is 13.4. The average molecular weight is 690 g/mol. The first-order chi connectivity index (χ1) is 26.3. The Balaban J connectivity index is 1.25. The van der Waals surface area contributed by atoms with Gasteiger partial charge in [0.05, 0.1) is 11.1 Å². The third-order valence-electron chi connectivity index (χ3n) is 11.8. The molecule has 10 aromatic rings. The second-order valence-corrected chi connectivity index (χ2v) is 15.4. The van der Waals surface area contributed by atoms with Crippen molar-refractivity contribution in [1.29, 1.82) is 0 Å². The number of thiophene rings is 1. The summed E-state index contributed by atoms with van der Waals surface area (Å²) in [6.07, 6.45) is 0. The number of para-hydroxylation sites is 1. The van der Waals surface area contributed by atoms with E-state index in [0.29, 0.717) is 0 Å². The average Bonchev–Trinajstić information content (AvgIpc) is 3.85. The van der Waals surface area contributed by atoms with Crippen molar-refractivity contribution in [3.8, 4) is 22.3 Å². The van der Waals surface area contributed by atoms with Gasteiger partial charge in [0.2, 0.25) is 0 Å². The number of hydrogen-bond acceptors (Lipinski definition) is 2. The van der Waals surface area contributed by atoms with Crippen LogP contribution in [0.5, 0.6) is 0 Å². The molecule has 0 atom stereocenters. The van der Waals surface area contributed by atoms with Gasteiger partial charge in [-0.3, -0.25) is 0 Å². The number of fused-ring (bicyclic) bond motifs is 17. The maximum absolute atomic E-state index is 2.55. The van der Waals surface area contributed by atoms with Gasteiger partial charge in [0.1, 0.15) is 0 Å². The molecule has 0 saturated carbocycles. The third kappa shape index (κ3) is 3.81. The van der Waals surface area contributed by atoms with Gasteiger partial charge in [0.15, 0.2) is 0 Å². The lowest BCUT2D eigenvalue weighted by Crippen LogP contribution is -2.26. The molecule has 12 rings (SSSR count). The molecule has 0 saturated heterocycles. The van der Waals surface area contributed by atoms with Gasteiger partial charge < -0.3 is 4.90 Å². The fourth-order valence-electron chi connectivity index (χ4n) is 9.80. The van der Waals surface area contributed by atoms with Crippen LogP contribution in [0.25, 0.3) is 64.0 Å². The predicted octanol–water partition coefficient (Wildman–Crippen LogP) is 14.2. The van der Waals surface area contributed by atoms with Crippen molar-refractivity contribution < 1.29 is 0 Å². The highest BCUT2D eigenvalue weighted by Gasteiger charge is 2.53. The molecule has 1 spiro atoms. The van der Waals surface area contributed by atoms with E-state index in [1.807, 2.05) is 11.3 Å². The molecule has 2 aliphatic rings. The second-order valence-electron chi connectivity index (χ2n) is 14.4. The number of nitrogens with zero attached hydrogens (tertiary/aromatic N) is 1. The van der Waals surface area contributed by atoms with Crippen LogP contribution in [0, 0.1) is 0 Å². The zero-order valence-electron chi connectivity index (χ0n) is 28.8. The maximum Gasteiger partial charge on any atom is 0.0732 e. The molecular formula is C51H31NS. The Morgan fingerprint density at radius 2 is 1.00 bits per heavy atom. The van der Waals surface area contributed by atoms with E-state index in [9.17, 15) is 0 Å². The minimum atomic E-state index is -0.493. The quantitative estimate of drug-likeness (QED) is 0.178. The summed E-state index contributed by atoms with van der Waals surface area (Å²) in [5.74, 6) is 0. The Hall–Kier alpha value is -6.48. The molecule has 9 aromatic carbocycles. The lowest BCUT2D eigenvalue weighted by molar-refractivity contribution is 0.802. The molecule has 2 heteroatoms. The predicted molar refractivity (Wildman–Crippen MR) is 225 cm³/mol. The van der Waals surface area contributed by atoms with Crippen molar-refractivity contribution in [2.24, 2.45) is 0 Å². The molecule has 1 nitrogen and oxygen atoms in total. The van der Waals surface area contributed by atoms with Crippen molar-refractivity contribution in [1.82, 2.24) is 0 Å². The van der Waals surface area contributed by atoms with E-state index in [-0.39, 0.29) is 0 Å². The molecule has 0 fully saturated rings. The van der Waals surface area contributed by atoms with Gasteiger partial charge in [-0.1, -0.05) is 146 Å². The molecule has 246 valence electrons. The van der Waals surface area contributed by atoms with Crippen LogP contribution in [0.4, 0.5) is 17.1 Å². The molecule has 1 heterocycles. The second kappa shape index (κ2) is 10.8. The van der Waals surface area contributed by atoms with E-state index >= 15 is 0 Å². The van der Waals surface area contributed by atoms with E-state index in [1.165, 1.54) is 91.9 Å². The van der Waals surface area contributed by atoms with Crippen molar-refractivity contribution in [2.45, 2.75) is 5.41 Å². The van der Waals surface area contributed by atoms with Gasteiger partial charge in [-0.25, -0.2) is 0 Å². The fraction of sp³-hybridized carbons (Fsp3) is 0.0196. The van der Waals surface area contributed by atoms with Crippen LogP contribution in [0.3, 0.4) is 0 Å². The first-order valence-corrected chi connectivity index (χ1v) is 19.2. The minimum absolute atomic E-state index is 0.493. The monoisotopic (exact) mass is 689 g/mol. The Bertz CT molecular complexity index is 3090. The van der Waals surface area contributed by atoms with Crippen LogP contribution in [-0.2, 0) is 5.41 Å². The summed E-state index contributed by atoms with van der Waals surface area (Å²) in [7, 11) is 0. The first kappa shape index (κ1) is 29.1. The van der Waals surface area contributed by atoms with E-state index in [2.05, 4.69) is 193 Å². The SMILES string of the molecule is c1ccc(N(c2ccc3sc4ccccc4c3c2)c2cc3c(c4ccccc24)-c2ccc4ccccc4c2C32c3ccccc3-c3ccccc32)cc1. The van der Waals surface area contributed by atoms with E-state index in [1.54, 1.807) is 0 Å². The zero-order chi connectivity index (χ0) is 34.7. The molecule has 0 unspecified atom stereocenters. The summed E-state index contributed by atoms with van der Waals surface area (Å²) in [6.45, 7) is 0. The summed E-state index contributed by atoms with van der Waals surface area (Å²) in [5.41, 5.74) is 13.7. The van der Waals surface area contributed by atoms with Gasteiger partial charge >= 0.3 is 0 Å². The maximum atomic E-state index is 2.55. The van der Waals surface area contributed by atoms with Crippen LogP contribution >= 0.6 is 11.3 Å². The molecule has 0 radical (unpaired) electrons. The van der Waals surface area contributed by atoms with Gasteiger partial charge in [-0.2, -0.15) is 0 Å². The Morgan fingerprint density at radius 3 is 1.79 bits per heavy atom. The van der Waals surface area contributed by atoms with Gasteiger partial charge in [0.25, 0.3) is 0 Å². The standard InChI is InChI=1S/C51H31NS/c1-2-15-33(16-3-1)52(34-27-29-48-42(30-34)39-21-10-13-25-47(39)53-48)46-31-45-49(40-22-7-6-20-38(40)46)41-28-26-32-14-4-5-17-35(32)50(41)51(45)43-23-11-8-18-36(43)37-19-9-12-24-44(37)51/h1-31H. The number of hydrogen-bond donors (Lipinski definition) is 0. The molecule has 1 aromatic heterocycles. The van der Waals surface area contributed by atoms with Crippen LogP contribution in [-0.4, -0.2) is 0 Å². The summed E-state index contributed by atoms with van der Waals surface area (Å²) < 4.78 is 2.63. The topological polar surface area (TPSA) is 3.24 Å². The van der Waals surface area contributed by atoms with Crippen LogP contribution < -0.4 is 4.90 Å². The highest BCUT2D eigenvalue weighted by molar-refractivity contribution is 7.25. The van der Waals surface area contributed by atoms with E-state index in [0.717, 1.165) is 11.4 Å². The fourth-order valence-corrected chi connectivity index (χ4v) is 10.9. The molecule has 53 heavy (non-hydrogen) atoms. The Kier molecular flexibility index (Phi) is 5.92. The van der Waals surface area contributed by atoms with Crippen LogP contribution in [0.2, 0.25) is 0 Å². The highest BCUT2D eigenvalue weighted by Crippen LogP contribution is 2.66. The largest absolute Gasteiger partial charge is 0.310 e. The summed E-state index contributed by atoms with van der Waals surface area (Å²) in [5, 5.41) is 7.70. The van der Waals surface area contributed by atoms with Crippen molar-refractivity contribution >= 4 is 70.1 Å². The Labute approximate surface area is 311 Å². The van der Waals surface area contributed by atoms with Crippen LogP contribution in [0.1, 0.15) is 22.3 Å². The smallest absolute Gasteiger partial charge is 0.0732 e. The third-order valence-corrected chi connectivity index (χ3v) is 13.0.